The van der Waals surface area contributed by atoms with Crippen LogP contribution in [0.25, 0.3) is 0 Å². The topological polar surface area (TPSA) is 86.1 Å². The Bertz CT molecular complexity index is 784. The molecule has 9 heteroatoms. The second-order valence-corrected chi connectivity index (χ2v) is 6.52. The van der Waals surface area contributed by atoms with Gasteiger partial charge in [0.05, 0.1) is 19.3 Å². The van der Waals surface area contributed by atoms with Gasteiger partial charge >= 0.3 is 6.36 Å². The van der Waals surface area contributed by atoms with Crippen LogP contribution < -0.4 is 15.4 Å². The highest BCUT2D eigenvalue weighted by Gasteiger charge is 2.31. The molecule has 4 N–H and O–H groups in total. The third-order valence-electron chi connectivity index (χ3n) is 4.27. The lowest BCUT2D eigenvalue weighted by molar-refractivity contribution is -0.274. The first-order valence-electron chi connectivity index (χ1n) is 9.54. The van der Waals surface area contributed by atoms with Gasteiger partial charge in [-0.15, -0.1) is 13.2 Å². The van der Waals surface area contributed by atoms with Gasteiger partial charge in [0.1, 0.15) is 5.75 Å². The number of aliphatic imine (C=N–C) groups is 1. The molecule has 0 heterocycles. The average Bonchev–Trinajstić information content (AvgIpc) is 2.72. The molecule has 30 heavy (non-hydrogen) atoms. The van der Waals surface area contributed by atoms with Crippen LogP contribution in [0.1, 0.15) is 30.1 Å². The Balaban J connectivity index is 1.95. The molecule has 2 unspecified atom stereocenters. The summed E-state index contributed by atoms with van der Waals surface area (Å²) in [5.74, 6) is -0.0482. The van der Waals surface area contributed by atoms with Crippen molar-refractivity contribution in [2.75, 3.05) is 26.2 Å². The third-order valence-corrected chi connectivity index (χ3v) is 4.27. The fourth-order valence-corrected chi connectivity index (χ4v) is 2.74. The van der Waals surface area contributed by atoms with Gasteiger partial charge in [0.25, 0.3) is 0 Å². The fourth-order valence-electron chi connectivity index (χ4n) is 2.74. The largest absolute Gasteiger partial charge is 0.573 e. The van der Waals surface area contributed by atoms with Crippen molar-refractivity contribution in [1.29, 1.82) is 0 Å². The molecular weight excluding hydrogens is 399 g/mol. The van der Waals surface area contributed by atoms with E-state index in [1.165, 1.54) is 12.1 Å². The Morgan fingerprint density at radius 1 is 1.03 bits per heavy atom. The van der Waals surface area contributed by atoms with Crippen LogP contribution in [0.4, 0.5) is 13.2 Å². The van der Waals surface area contributed by atoms with E-state index in [0.717, 1.165) is 17.7 Å². The van der Waals surface area contributed by atoms with E-state index in [9.17, 15) is 23.4 Å². The molecule has 0 saturated carbocycles. The number of aliphatic hydroxyl groups excluding tert-OH is 2. The number of guanidine groups is 1. The van der Waals surface area contributed by atoms with Gasteiger partial charge in [-0.2, -0.15) is 0 Å². The molecule has 0 fully saturated rings. The van der Waals surface area contributed by atoms with Gasteiger partial charge < -0.3 is 25.6 Å². The van der Waals surface area contributed by atoms with Crippen LogP contribution in [0.3, 0.4) is 0 Å². The minimum absolute atomic E-state index is 0.0537. The van der Waals surface area contributed by atoms with E-state index in [0.29, 0.717) is 24.6 Å². The van der Waals surface area contributed by atoms with E-state index in [2.05, 4.69) is 20.4 Å². The Kier molecular flexibility index (Phi) is 8.94. The SMILES string of the molecule is CCNC(=NCC(CO)c1ccccc1)NCC(O)c1ccc(OC(F)(F)F)cc1. The van der Waals surface area contributed by atoms with E-state index in [1.807, 2.05) is 37.3 Å². The zero-order chi connectivity index (χ0) is 22.0. The predicted octanol–water partition coefficient (Wildman–Crippen LogP) is 2.95. The highest BCUT2D eigenvalue weighted by molar-refractivity contribution is 5.79. The van der Waals surface area contributed by atoms with Gasteiger partial charge in [-0.1, -0.05) is 42.5 Å². The van der Waals surface area contributed by atoms with E-state index < -0.39 is 12.5 Å². The minimum atomic E-state index is -4.76. The van der Waals surface area contributed by atoms with Gasteiger partial charge in [0, 0.05) is 19.0 Å². The number of aliphatic hydroxyl groups is 2. The summed E-state index contributed by atoms with van der Waals surface area (Å²) in [4.78, 5) is 4.46. The summed E-state index contributed by atoms with van der Waals surface area (Å²) in [7, 11) is 0. The van der Waals surface area contributed by atoms with E-state index >= 15 is 0 Å². The molecule has 0 aliphatic rings. The lowest BCUT2D eigenvalue weighted by Crippen LogP contribution is -2.39. The van der Waals surface area contributed by atoms with Gasteiger partial charge in [0.2, 0.25) is 0 Å². The molecule has 0 bridgehead atoms. The number of ether oxygens (including phenoxy) is 1. The van der Waals surface area contributed by atoms with Crippen molar-refractivity contribution in [2.45, 2.75) is 25.3 Å². The van der Waals surface area contributed by atoms with Crippen LogP contribution in [0.15, 0.2) is 59.6 Å². The maximum atomic E-state index is 12.2. The molecule has 6 nitrogen and oxygen atoms in total. The first-order chi connectivity index (χ1) is 14.3. The number of benzene rings is 2. The van der Waals surface area contributed by atoms with Crippen molar-refractivity contribution >= 4 is 5.96 Å². The molecule has 0 aromatic heterocycles. The molecule has 0 aliphatic carbocycles. The summed E-state index contributed by atoms with van der Waals surface area (Å²) in [5, 5.41) is 26.0. The van der Waals surface area contributed by atoms with Crippen LogP contribution in [-0.2, 0) is 0 Å². The molecule has 0 saturated heterocycles. The summed E-state index contributed by atoms with van der Waals surface area (Å²) in [6.07, 6.45) is -5.72. The number of hydrogen-bond donors (Lipinski definition) is 4. The lowest BCUT2D eigenvalue weighted by Gasteiger charge is -2.17. The van der Waals surface area contributed by atoms with E-state index in [1.54, 1.807) is 0 Å². The third kappa shape index (κ3) is 7.92. The number of alkyl halides is 3. The monoisotopic (exact) mass is 425 g/mol. The Morgan fingerprint density at radius 3 is 2.27 bits per heavy atom. The molecule has 0 aliphatic heterocycles. The number of nitrogens with zero attached hydrogens (tertiary/aromatic N) is 1. The van der Waals surface area contributed by atoms with Gasteiger partial charge in [0.15, 0.2) is 5.96 Å². The van der Waals surface area contributed by atoms with Crippen molar-refractivity contribution < 1.29 is 28.1 Å². The molecule has 0 amide bonds. The zero-order valence-corrected chi connectivity index (χ0v) is 16.6. The first kappa shape index (κ1) is 23.5. The molecule has 2 atom stereocenters. The maximum Gasteiger partial charge on any atom is 0.573 e. The minimum Gasteiger partial charge on any atom is -0.406 e. The van der Waals surface area contributed by atoms with Gasteiger partial charge in [-0.3, -0.25) is 4.99 Å². The standard InChI is InChI=1S/C21H26F3N3O3/c1-2-25-20(26-12-17(14-28)15-6-4-3-5-7-15)27-13-19(29)16-8-10-18(11-9-16)30-21(22,23)24/h3-11,17,19,28-29H,2,12-14H2,1H3,(H2,25,26,27). The Morgan fingerprint density at radius 2 is 1.70 bits per heavy atom. The fraction of sp³-hybridized carbons (Fsp3) is 0.381. The molecule has 0 spiro atoms. The van der Waals surface area contributed by atoms with Crippen LogP contribution in [0.5, 0.6) is 5.75 Å². The average molecular weight is 425 g/mol. The number of rotatable bonds is 9. The second kappa shape index (κ2) is 11.4. The predicted molar refractivity (Wildman–Crippen MR) is 108 cm³/mol. The van der Waals surface area contributed by atoms with Crippen LogP contribution >= 0.6 is 0 Å². The van der Waals surface area contributed by atoms with Crippen molar-refractivity contribution in [1.82, 2.24) is 10.6 Å². The summed E-state index contributed by atoms with van der Waals surface area (Å²) in [6, 6.07) is 14.6. The van der Waals surface area contributed by atoms with Gasteiger partial charge in [-0.05, 0) is 30.2 Å². The smallest absolute Gasteiger partial charge is 0.406 e. The van der Waals surface area contributed by atoms with Crippen LogP contribution in [0, 0.1) is 0 Å². The van der Waals surface area contributed by atoms with E-state index in [4.69, 9.17) is 0 Å². The number of hydrogen-bond acceptors (Lipinski definition) is 4. The summed E-state index contributed by atoms with van der Waals surface area (Å²) < 4.78 is 40.5. The maximum absolute atomic E-state index is 12.2. The lowest BCUT2D eigenvalue weighted by atomic mass is 10.0. The second-order valence-electron chi connectivity index (χ2n) is 6.52. The van der Waals surface area contributed by atoms with Crippen molar-refractivity contribution in [3.05, 3.63) is 65.7 Å². The zero-order valence-electron chi connectivity index (χ0n) is 16.6. The van der Waals surface area contributed by atoms with Crippen molar-refractivity contribution in [3.8, 4) is 5.75 Å². The van der Waals surface area contributed by atoms with Gasteiger partial charge in [-0.25, -0.2) is 0 Å². The molecule has 2 aromatic rings. The highest BCUT2D eigenvalue weighted by Crippen LogP contribution is 2.24. The first-order valence-corrected chi connectivity index (χ1v) is 9.54. The number of nitrogens with one attached hydrogen (secondary N) is 2. The van der Waals surface area contributed by atoms with Crippen LogP contribution in [-0.4, -0.2) is 48.8 Å². The summed E-state index contributed by atoms with van der Waals surface area (Å²) in [6.45, 7) is 2.88. The molecule has 2 rings (SSSR count). The summed E-state index contributed by atoms with van der Waals surface area (Å²) in [5.41, 5.74) is 1.41. The molecule has 2 aromatic carbocycles. The quantitative estimate of drug-likeness (QED) is 0.367. The number of halogens is 3. The summed E-state index contributed by atoms with van der Waals surface area (Å²) >= 11 is 0. The van der Waals surface area contributed by atoms with Crippen molar-refractivity contribution in [2.24, 2.45) is 4.99 Å². The molecule has 164 valence electrons. The Labute approximate surface area is 173 Å². The molecular formula is C21H26F3N3O3. The van der Waals surface area contributed by atoms with Crippen LogP contribution in [0.2, 0.25) is 0 Å². The highest BCUT2D eigenvalue weighted by atomic mass is 19.4. The van der Waals surface area contributed by atoms with E-state index in [-0.39, 0.29) is 24.8 Å². The molecule has 0 radical (unpaired) electrons. The normalized spacial score (nSPS) is 14.1. The Hall–Kier alpha value is -2.78. The van der Waals surface area contributed by atoms with Crippen molar-refractivity contribution in [3.63, 3.8) is 0 Å².